The van der Waals surface area contributed by atoms with Gasteiger partial charge in [-0.3, -0.25) is 0 Å². The fourth-order valence-electron chi connectivity index (χ4n) is 7.21. The molecular formula is C40H70O5Si2. The van der Waals surface area contributed by atoms with Gasteiger partial charge >= 0.3 is 5.97 Å². The van der Waals surface area contributed by atoms with Gasteiger partial charge in [-0.25, -0.2) is 4.79 Å². The molecule has 0 spiro atoms. The second-order valence-electron chi connectivity index (χ2n) is 17.9. The maximum Gasteiger partial charge on any atom is 0.332 e. The van der Waals surface area contributed by atoms with Gasteiger partial charge in [0.15, 0.2) is 16.6 Å². The highest BCUT2D eigenvalue weighted by Crippen LogP contribution is 2.56. The predicted octanol–water partition coefficient (Wildman–Crippen LogP) is 11.2. The molecule has 2 fully saturated rings. The van der Waals surface area contributed by atoms with E-state index in [1.54, 1.807) is 0 Å². The monoisotopic (exact) mass is 686 g/mol. The zero-order valence-corrected chi connectivity index (χ0v) is 34.7. The van der Waals surface area contributed by atoms with E-state index in [9.17, 15) is 4.79 Å². The summed E-state index contributed by atoms with van der Waals surface area (Å²) in [5.41, 5.74) is 5.30. The lowest BCUT2D eigenvalue weighted by molar-refractivity contribution is -0.156. The number of esters is 1. The second kappa shape index (κ2) is 15.3. The average Bonchev–Trinajstić information content (AvgIpc) is 3.31. The van der Waals surface area contributed by atoms with Crippen molar-refractivity contribution in [2.45, 2.75) is 181 Å². The molecule has 0 bridgehead atoms. The van der Waals surface area contributed by atoms with Gasteiger partial charge in [0.1, 0.15) is 12.7 Å². The van der Waals surface area contributed by atoms with Gasteiger partial charge in [0.25, 0.3) is 0 Å². The van der Waals surface area contributed by atoms with Crippen LogP contribution in [0.1, 0.15) is 121 Å². The van der Waals surface area contributed by atoms with E-state index in [1.807, 2.05) is 13.8 Å². The summed E-state index contributed by atoms with van der Waals surface area (Å²) in [6.07, 6.45) is 15.0. The molecule has 0 N–H and O–H groups in total. The Kier molecular flexibility index (Phi) is 13.1. The highest BCUT2D eigenvalue weighted by molar-refractivity contribution is 6.74. The second-order valence-corrected chi connectivity index (χ2v) is 27.4. The molecule has 5 atom stereocenters. The van der Waals surface area contributed by atoms with Crippen molar-refractivity contribution < 1.29 is 23.1 Å². The third-order valence-electron chi connectivity index (χ3n) is 12.4. The maximum absolute atomic E-state index is 12.5. The Labute approximate surface area is 291 Å². The summed E-state index contributed by atoms with van der Waals surface area (Å²) < 4.78 is 25.9. The first kappa shape index (κ1) is 40.2. The lowest BCUT2D eigenvalue weighted by atomic mass is 9.63. The molecule has 0 heterocycles. The first-order chi connectivity index (χ1) is 21.6. The topological polar surface area (TPSA) is 54.0 Å². The van der Waals surface area contributed by atoms with Crippen LogP contribution < -0.4 is 0 Å². The number of allylic oxidation sites excluding steroid dienone is 4. The van der Waals surface area contributed by atoms with Crippen LogP contribution in [0.4, 0.5) is 0 Å². The summed E-state index contributed by atoms with van der Waals surface area (Å²) in [6, 6.07) is 0. The van der Waals surface area contributed by atoms with Crippen LogP contribution in [0.3, 0.4) is 0 Å². The molecule has 0 radical (unpaired) electrons. The number of hydrogen-bond acceptors (Lipinski definition) is 5. The highest BCUT2D eigenvalue weighted by Gasteiger charge is 2.47. The summed E-state index contributed by atoms with van der Waals surface area (Å²) in [5, 5.41) is 0.276. The van der Waals surface area contributed by atoms with Crippen LogP contribution in [0, 0.1) is 11.3 Å². The van der Waals surface area contributed by atoms with Crippen LogP contribution in [0.5, 0.6) is 0 Å². The van der Waals surface area contributed by atoms with Crippen LogP contribution >= 0.6 is 0 Å². The summed E-state index contributed by atoms with van der Waals surface area (Å²) in [5.74, 6) is 0.183. The van der Waals surface area contributed by atoms with Crippen LogP contribution in [0.15, 0.2) is 47.1 Å². The fourth-order valence-corrected chi connectivity index (χ4v) is 9.88. The van der Waals surface area contributed by atoms with Gasteiger partial charge in [0.05, 0.1) is 18.3 Å². The molecule has 0 amide bonds. The largest absolute Gasteiger partial charge is 0.461 e. The van der Waals surface area contributed by atoms with Crippen LogP contribution in [0.2, 0.25) is 36.3 Å². The standard InChI is InChI=1S/C40H70O5Si2/c1-16-32(17-2)43-37(41)27-42-29(4)34-22-23-35-30(19-18-24-40(34,35)11)20-21-31-25-33(44-46(12,13)38(5,6)7)26-36(28(31)3)45-47(14,15)39(8,9)10/h20-22,29,32-33,35-36H,3,16-19,23-27H2,1-2,4-15H3/t29-,33-,35+,36+,40-/m1/s1. The van der Waals surface area contributed by atoms with E-state index >= 15 is 0 Å². The van der Waals surface area contributed by atoms with E-state index in [-0.39, 0.29) is 52.5 Å². The molecule has 2 saturated carbocycles. The molecule has 3 aliphatic carbocycles. The van der Waals surface area contributed by atoms with Gasteiger partial charge in [-0.1, -0.05) is 92.7 Å². The van der Waals surface area contributed by atoms with Gasteiger partial charge < -0.3 is 18.3 Å². The average molecular weight is 687 g/mol. The van der Waals surface area contributed by atoms with Gasteiger partial charge in [0.2, 0.25) is 0 Å². The highest BCUT2D eigenvalue weighted by atomic mass is 28.4. The molecule has 0 aromatic heterocycles. The number of rotatable bonds is 12. The van der Waals surface area contributed by atoms with Crippen molar-refractivity contribution in [3.8, 4) is 0 Å². The minimum atomic E-state index is -2.01. The van der Waals surface area contributed by atoms with Crippen LogP contribution in [-0.2, 0) is 23.1 Å². The number of fused-ring (bicyclic) bond motifs is 1. The number of hydrogen-bond donors (Lipinski definition) is 0. The van der Waals surface area contributed by atoms with Crippen molar-refractivity contribution in [2.75, 3.05) is 6.61 Å². The zero-order chi connectivity index (χ0) is 35.6. The van der Waals surface area contributed by atoms with Crippen molar-refractivity contribution in [2.24, 2.45) is 11.3 Å². The minimum absolute atomic E-state index is 0.00286. The number of carbonyl (C=O) groups excluding carboxylic acids is 1. The van der Waals surface area contributed by atoms with Gasteiger partial charge in [-0.2, -0.15) is 0 Å². The molecule has 268 valence electrons. The van der Waals surface area contributed by atoms with Crippen LogP contribution in [0.25, 0.3) is 0 Å². The Bertz CT molecular complexity index is 1210. The third kappa shape index (κ3) is 9.50. The Morgan fingerprint density at radius 2 is 1.62 bits per heavy atom. The molecule has 3 rings (SSSR count). The van der Waals surface area contributed by atoms with E-state index < -0.39 is 16.6 Å². The Hall–Kier alpha value is -1.26. The number of carbonyl (C=O) groups is 1. The van der Waals surface area contributed by atoms with E-state index in [0.29, 0.717) is 5.92 Å². The predicted molar refractivity (Wildman–Crippen MR) is 203 cm³/mol. The minimum Gasteiger partial charge on any atom is -0.461 e. The Balaban J connectivity index is 1.83. The molecule has 3 aliphatic rings. The van der Waals surface area contributed by atoms with Gasteiger partial charge in [-0.05, 0) is 116 Å². The fraction of sp³-hybridized carbons (Fsp3) is 0.775. The molecule has 7 heteroatoms. The lowest BCUT2D eigenvalue weighted by Crippen LogP contribution is -2.49. The molecule has 0 saturated heterocycles. The molecule has 0 aromatic rings. The van der Waals surface area contributed by atoms with Crippen molar-refractivity contribution >= 4 is 22.6 Å². The van der Waals surface area contributed by atoms with E-state index in [1.165, 1.54) is 16.7 Å². The lowest BCUT2D eigenvalue weighted by Gasteiger charge is -2.45. The van der Waals surface area contributed by atoms with Crippen molar-refractivity contribution in [1.29, 1.82) is 0 Å². The smallest absolute Gasteiger partial charge is 0.332 e. The van der Waals surface area contributed by atoms with E-state index in [0.717, 1.165) is 56.9 Å². The summed E-state index contributed by atoms with van der Waals surface area (Å²) in [4.78, 5) is 12.5. The van der Waals surface area contributed by atoms with Crippen molar-refractivity contribution in [3.05, 3.63) is 47.1 Å². The first-order valence-electron chi connectivity index (χ1n) is 18.5. The van der Waals surface area contributed by atoms with Crippen molar-refractivity contribution in [3.63, 3.8) is 0 Å². The molecular weight excluding hydrogens is 617 g/mol. The maximum atomic E-state index is 12.5. The van der Waals surface area contributed by atoms with Gasteiger partial charge in [0, 0.05) is 6.42 Å². The Morgan fingerprint density at radius 1 is 1.02 bits per heavy atom. The van der Waals surface area contributed by atoms with Crippen molar-refractivity contribution in [1.82, 2.24) is 0 Å². The molecule has 0 unspecified atom stereocenters. The summed E-state index contributed by atoms with van der Waals surface area (Å²) >= 11 is 0. The number of ether oxygens (including phenoxy) is 2. The Morgan fingerprint density at radius 3 is 2.19 bits per heavy atom. The summed E-state index contributed by atoms with van der Waals surface area (Å²) in [7, 11) is -3.97. The molecule has 47 heavy (non-hydrogen) atoms. The van der Waals surface area contributed by atoms with Gasteiger partial charge in [-0.15, -0.1) is 0 Å². The van der Waals surface area contributed by atoms with E-state index in [4.69, 9.17) is 18.3 Å². The SMILES string of the molecule is C=C1C(=CC=C2CCC[C@]3(C)C([C@@H](C)OCC(=O)OC(CC)CC)=CC[C@@H]23)C[C@@H](O[Si](C)(C)C(C)(C)C)C[C@@H]1O[Si](C)(C)C(C)(C)C. The third-order valence-corrected chi connectivity index (χ3v) is 21.5. The van der Waals surface area contributed by atoms with Crippen LogP contribution in [-0.4, -0.2) is 53.6 Å². The molecule has 0 aliphatic heterocycles. The van der Waals surface area contributed by atoms with E-state index in [2.05, 4.69) is 106 Å². The quantitative estimate of drug-likeness (QED) is 0.116. The molecule has 0 aromatic carbocycles. The summed E-state index contributed by atoms with van der Waals surface area (Å²) in [6.45, 7) is 36.6. The first-order valence-corrected chi connectivity index (χ1v) is 24.3. The zero-order valence-electron chi connectivity index (χ0n) is 32.7. The molecule has 5 nitrogen and oxygen atoms in total. The normalized spacial score (nSPS) is 28.5.